The molecule has 0 saturated heterocycles. The molecule has 19 heavy (non-hydrogen) atoms. The molecular weight excluding hydrogens is 278 g/mol. The minimum absolute atomic E-state index is 0.0232. The van der Waals surface area contributed by atoms with E-state index < -0.39 is 0 Å². The number of nitrogens with zero attached hydrogens (tertiary/aromatic N) is 1. The number of hydrogen-bond donors (Lipinski definition) is 2. The Hall–Kier alpha value is -0.880. The highest BCUT2D eigenvalue weighted by Crippen LogP contribution is 2.44. The Bertz CT molecular complexity index is 480. The molecule has 106 valence electrons. The molecule has 1 saturated carbocycles. The fourth-order valence-electron chi connectivity index (χ4n) is 2.01. The Morgan fingerprint density at radius 2 is 2.16 bits per heavy atom. The van der Waals surface area contributed by atoms with Gasteiger partial charge in [-0.15, -0.1) is 23.1 Å². The molecule has 4 nitrogen and oxygen atoms in total. The Kier molecular flexibility index (Phi) is 4.30. The number of carbonyl (C=O) groups excluding carboxylic acids is 1. The van der Waals surface area contributed by atoms with Gasteiger partial charge < -0.3 is 16.0 Å². The maximum absolute atomic E-state index is 12.1. The summed E-state index contributed by atoms with van der Waals surface area (Å²) < 4.78 is 0. The van der Waals surface area contributed by atoms with Gasteiger partial charge in [0.2, 0.25) is 0 Å². The molecule has 1 unspecified atom stereocenters. The number of nitrogens with one attached hydrogen (secondary N) is 1. The number of hydrogen-bond acceptors (Lipinski definition) is 5. The SMILES string of the molecule is CSc1c(NC(C)C2CC2)sc(C(=O)N(C)C)c1N. The molecule has 2 rings (SSSR count). The summed E-state index contributed by atoms with van der Waals surface area (Å²) in [6.45, 7) is 2.20. The normalized spacial score (nSPS) is 16.2. The minimum Gasteiger partial charge on any atom is -0.396 e. The Morgan fingerprint density at radius 3 is 2.63 bits per heavy atom. The Balaban J connectivity index is 2.27. The van der Waals surface area contributed by atoms with Gasteiger partial charge in [0.1, 0.15) is 9.88 Å². The molecule has 6 heteroatoms. The molecule has 0 radical (unpaired) electrons. The van der Waals surface area contributed by atoms with E-state index in [9.17, 15) is 4.79 Å². The largest absolute Gasteiger partial charge is 0.396 e. The molecular formula is C13H21N3OS2. The average Bonchev–Trinajstić information content (AvgIpc) is 3.15. The fourth-order valence-corrected chi connectivity index (χ4v) is 4.15. The summed E-state index contributed by atoms with van der Waals surface area (Å²) in [6, 6.07) is 0.450. The summed E-state index contributed by atoms with van der Waals surface area (Å²) in [5, 5.41) is 4.56. The van der Waals surface area contributed by atoms with Crippen LogP contribution in [0.2, 0.25) is 0 Å². The lowest BCUT2D eigenvalue weighted by Gasteiger charge is -2.13. The van der Waals surface area contributed by atoms with Crippen molar-refractivity contribution in [2.45, 2.75) is 30.7 Å². The molecule has 1 aliphatic rings. The molecule has 3 N–H and O–H groups in total. The van der Waals surface area contributed by atoms with Crippen LogP contribution in [-0.2, 0) is 0 Å². The maximum Gasteiger partial charge on any atom is 0.265 e. The van der Waals surface area contributed by atoms with Crippen molar-refractivity contribution in [1.29, 1.82) is 0 Å². The van der Waals surface area contributed by atoms with Crippen LogP contribution in [0.15, 0.2) is 4.90 Å². The zero-order valence-electron chi connectivity index (χ0n) is 11.8. The van der Waals surface area contributed by atoms with E-state index >= 15 is 0 Å². The molecule has 1 atom stereocenters. The van der Waals surface area contributed by atoms with Crippen molar-refractivity contribution in [2.24, 2.45) is 5.92 Å². The highest BCUT2D eigenvalue weighted by Gasteiger charge is 2.30. The van der Waals surface area contributed by atoms with Crippen molar-refractivity contribution in [3.8, 4) is 0 Å². The third-order valence-corrected chi connectivity index (χ3v) is 5.48. The zero-order chi connectivity index (χ0) is 14.2. The van der Waals surface area contributed by atoms with Crippen LogP contribution in [0.4, 0.5) is 10.7 Å². The molecule has 1 fully saturated rings. The van der Waals surface area contributed by atoms with Crippen LogP contribution >= 0.6 is 23.1 Å². The van der Waals surface area contributed by atoms with E-state index in [1.165, 1.54) is 24.2 Å². The van der Waals surface area contributed by atoms with Gasteiger partial charge in [-0.1, -0.05) is 0 Å². The predicted molar refractivity (Wildman–Crippen MR) is 84.3 cm³/mol. The van der Waals surface area contributed by atoms with Crippen molar-refractivity contribution < 1.29 is 4.79 Å². The van der Waals surface area contributed by atoms with Crippen LogP contribution in [0, 0.1) is 5.92 Å². The van der Waals surface area contributed by atoms with Crippen LogP contribution < -0.4 is 11.1 Å². The van der Waals surface area contributed by atoms with Crippen LogP contribution in [-0.4, -0.2) is 37.2 Å². The van der Waals surface area contributed by atoms with E-state index in [0.717, 1.165) is 15.8 Å². The van der Waals surface area contributed by atoms with E-state index in [2.05, 4.69) is 12.2 Å². The van der Waals surface area contributed by atoms with Crippen molar-refractivity contribution in [3.63, 3.8) is 0 Å². The van der Waals surface area contributed by atoms with E-state index in [4.69, 9.17) is 5.73 Å². The van der Waals surface area contributed by atoms with Crippen molar-refractivity contribution in [3.05, 3.63) is 4.88 Å². The predicted octanol–water partition coefficient (Wildman–Crippen LogP) is 2.96. The third-order valence-electron chi connectivity index (χ3n) is 3.39. The Labute approximate surface area is 122 Å². The summed E-state index contributed by atoms with van der Waals surface area (Å²) >= 11 is 3.07. The number of carbonyl (C=O) groups is 1. The standard InChI is InChI=1S/C13H21N3OS2/c1-7(8-5-6-8)15-12-10(18-4)9(14)11(19-12)13(17)16(2)3/h7-8,15H,5-6,14H2,1-4H3. The van der Waals surface area contributed by atoms with Crippen molar-refractivity contribution >= 4 is 39.7 Å². The molecule has 1 aromatic heterocycles. The average molecular weight is 299 g/mol. The first-order valence-corrected chi connectivity index (χ1v) is 8.44. The van der Waals surface area contributed by atoms with Crippen LogP contribution in [0.5, 0.6) is 0 Å². The molecule has 1 aromatic rings. The van der Waals surface area contributed by atoms with E-state index in [1.807, 2.05) is 6.26 Å². The number of thiophene rings is 1. The quantitative estimate of drug-likeness (QED) is 0.821. The van der Waals surface area contributed by atoms with Crippen molar-refractivity contribution in [2.75, 3.05) is 31.4 Å². The third kappa shape index (κ3) is 3.00. The van der Waals surface area contributed by atoms with Crippen molar-refractivity contribution in [1.82, 2.24) is 4.90 Å². The Morgan fingerprint density at radius 1 is 1.53 bits per heavy atom. The molecule has 1 heterocycles. The highest BCUT2D eigenvalue weighted by molar-refractivity contribution is 7.99. The number of rotatable bonds is 5. The van der Waals surface area contributed by atoms with Crippen LogP contribution in [0.3, 0.4) is 0 Å². The summed E-state index contributed by atoms with van der Waals surface area (Å²) in [7, 11) is 3.50. The monoisotopic (exact) mass is 299 g/mol. The molecule has 0 bridgehead atoms. The van der Waals surface area contributed by atoms with Gasteiger partial charge in [0, 0.05) is 20.1 Å². The number of amides is 1. The zero-order valence-corrected chi connectivity index (χ0v) is 13.5. The number of anilines is 2. The molecule has 1 amide bonds. The topological polar surface area (TPSA) is 58.4 Å². The first kappa shape index (κ1) is 14.5. The number of nitrogens with two attached hydrogens (primary N) is 1. The first-order valence-electron chi connectivity index (χ1n) is 6.40. The van der Waals surface area contributed by atoms with Gasteiger partial charge in [-0.2, -0.15) is 0 Å². The summed E-state index contributed by atoms with van der Waals surface area (Å²) in [4.78, 5) is 15.3. The second-order valence-electron chi connectivity index (χ2n) is 5.18. The lowest BCUT2D eigenvalue weighted by Crippen LogP contribution is -2.21. The number of thioether (sulfide) groups is 1. The molecule has 1 aliphatic carbocycles. The van der Waals surface area contributed by atoms with Gasteiger partial charge in [-0.25, -0.2) is 0 Å². The van der Waals surface area contributed by atoms with E-state index in [0.29, 0.717) is 16.6 Å². The van der Waals surface area contributed by atoms with Gasteiger partial charge in [0.15, 0.2) is 0 Å². The van der Waals surface area contributed by atoms with Crippen LogP contribution in [0.25, 0.3) is 0 Å². The highest BCUT2D eigenvalue weighted by atomic mass is 32.2. The second kappa shape index (κ2) is 5.63. The van der Waals surface area contributed by atoms with E-state index in [-0.39, 0.29) is 5.91 Å². The lowest BCUT2D eigenvalue weighted by atomic mass is 10.2. The van der Waals surface area contributed by atoms with Gasteiger partial charge >= 0.3 is 0 Å². The smallest absolute Gasteiger partial charge is 0.265 e. The van der Waals surface area contributed by atoms with Gasteiger partial charge in [-0.3, -0.25) is 4.79 Å². The summed E-state index contributed by atoms with van der Waals surface area (Å²) in [6.07, 6.45) is 4.59. The maximum atomic E-state index is 12.1. The summed E-state index contributed by atoms with van der Waals surface area (Å²) in [5.74, 6) is 0.746. The fraction of sp³-hybridized carbons (Fsp3) is 0.615. The summed E-state index contributed by atoms with van der Waals surface area (Å²) in [5.41, 5.74) is 6.74. The van der Waals surface area contributed by atoms with E-state index in [1.54, 1.807) is 30.8 Å². The van der Waals surface area contributed by atoms with Gasteiger partial charge in [0.25, 0.3) is 5.91 Å². The number of nitrogen functional groups attached to an aromatic ring is 1. The first-order chi connectivity index (χ1) is 8.95. The minimum atomic E-state index is -0.0232. The molecule has 0 spiro atoms. The second-order valence-corrected chi connectivity index (χ2v) is 7.01. The molecule has 0 aliphatic heterocycles. The van der Waals surface area contributed by atoms with Gasteiger partial charge in [0.05, 0.1) is 10.6 Å². The van der Waals surface area contributed by atoms with Crippen LogP contribution in [0.1, 0.15) is 29.4 Å². The van der Waals surface area contributed by atoms with Gasteiger partial charge in [-0.05, 0) is 31.9 Å². The molecule has 0 aromatic carbocycles. The lowest BCUT2D eigenvalue weighted by molar-refractivity contribution is 0.0833.